The quantitative estimate of drug-likeness (QED) is 0.603. The van der Waals surface area contributed by atoms with Crippen LogP contribution in [0.25, 0.3) is 0 Å². The third kappa shape index (κ3) is 5.70. The van der Waals surface area contributed by atoms with E-state index in [1.54, 1.807) is 30.0 Å². The highest BCUT2D eigenvalue weighted by Gasteiger charge is 2.47. The van der Waals surface area contributed by atoms with Crippen LogP contribution in [0.15, 0.2) is 54.6 Å². The van der Waals surface area contributed by atoms with Gasteiger partial charge in [0.05, 0.1) is 18.2 Å². The number of rotatable bonds is 9. The minimum absolute atomic E-state index is 0.131. The number of carboxylic acid groups (broad SMARTS) is 1. The second kappa shape index (κ2) is 11.0. The van der Waals surface area contributed by atoms with Crippen LogP contribution in [-0.4, -0.2) is 59.7 Å². The Morgan fingerprint density at radius 2 is 1.73 bits per heavy atom. The van der Waals surface area contributed by atoms with E-state index in [4.69, 9.17) is 9.47 Å². The lowest BCUT2D eigenvalue weighted by Crippen LogP contribution is -2.63. The SMILES string of the molecule is CC(=O)N(CCOc1ccccc1)C1(C(=O)N[C@@H](C)c2ccccc2C(=O)O)CCOCC1. The van der Waals surface area contributed by atoms with E-state index in [9.17, 15) is 19.5 Å². The van der Waals surface area contributed by atoms with Gasteiger partial charge in [-0.3, -0.25) is 9.59 Å². The van der Waals surface area contributed by atoms with E-state index in [1.807, 2.05) is 30.3 Å². The van der Waals surface area contributed by atoms with E-state index in [0.717, 1.165) is 0 Å². The smallest absolute Gasteiger partial charge is 0.336 e. The lowest BCUT2D eigenvalue weighted by Gasteiger charge is -2.45. The molecule has 2 N–H and O–H groups in total. The molecule has 1 fully saturated rings. The number of amides is 2. The summed E-state index contributed by atoms with van der Waals surface area (Å²) in [5.74, 6) is -0.933. The van der Waals surface area contributed by atoms with Crippen molar-refractivity contribution in [1.82, 2.24) is 10.2 Å². The molecule has 1 aliphatic heterocycles. The minimum Gasteiger partial charge on any atom is -0.492 e. The van der Waals surface area contributed by atoms with Gasteiger partial charge in [0, 0.05) is 33.0 Å². The highest BCUT2D eigenvalue weighted by atomic mass is 16.5. The molecular formula is C25H30N2O6. The highest BCUT2D eigenvalue weighted by Crippen LogP contribution is 2.30. The predicted octanol–water partition coefficient (Wildman–Crippen LogP) is 3.04. The van der Waals surface area contributed by atoms with Crippen LogP contribution in [0.2, 0.25) is 0 Å². The van der Waals surface area contributed by atoms with Gasteiger partial charge >= 0.3 is 5.97 Å². The molecule has 0 saturated carbocycles. The van der Waals surface area contributed by atoms with E-state index in [2.05, 4.69) is 5.32 Å². The fraction of sp³-hybridized carbons (Fsp3) is 0.400. The van der Waals surface area contributed by atoms with Crippen molar-refractivity contribution in [2.24, 2.45) is 0 Å². The van der Waals surface area contributed by atoms with Gasteiger partial charge in [0.1, 0.15) is 17.9 Å². The van der Waals surface area contributed by atoms with Crippen molar-refractivity contribution in [2.45, 2.75) is 38.3 Å². The van der Waals surface area contributed by atoms with Crippen LogP contribution < -0.4 is 10.1 Å². The Bertz CT molecular complexity index is 972. The van der Waals surface area contributed by atoms with Gasteiger partial charge in [-0.1, -0.05) is 36.4 Å². The lowest BCUT2D eigenvalue weighted by atomic mass is 9.86. The molecule has 1 saturated heterocycles. The average Bonchev–Trinajstić information content (AvgIpc) is 2.82. The molecule has 0 aromatic heterocycles. The Morgan fingerprint density at radius 1 is 1.09 bits per heavy atom. The molecule has 1 atom stereocenters. The molecule has 8 heteroatoms. The predicted molar refractivity (Wildman–Crippen MR) is 122 cm³/mol. The third-order valence-corrected chi connectivity index (χ3v) is 5.97. The fourth-order valence-corrected chi connectivity index (χ4v) is 4.25. The number of hydrogen-bond donors (Lipinski definition) is 2. The van der Waals surface area contributed by atoms with Gasteiger partial charge in [-0.05, 0) is 30.7 Å². The van der Waals surface area contributed by atoms with Gasteiger partial charge in [-0.25, -0.2) is 4.79 Å². The van der Waals surface area contributed by atoms with Gasteiger partial charge in [0.15, 0.2) is 0 Å². The molecule has 0 aliphatic carbocycles. The van der Waals surface area contributed by atoms with Crippen molar-refractivity contribution in [3.8, 4) is 5.75 Å². The molecule has 0 unspecified atom stereocenters. The van der Waals surface area contributed by atoms with Gasteiger partial charge in [-0.15, -0.1) is 0 Å². The van der Waals surface area contributed by atoms with Crippen LogP contribution in [0.5, 0.6) is 5.75 Å². The van der Waals surface area contributed by atoms with E-state index < -0.39 is 17.6 Å². The molecule has 0 spiro atoms. The number of aromatic carboxylic acids is 1. The molecule has 0 radical (unpaired) electrons. The number of carboxylic acids is 1. The van der Waals surface area contributed by atoms with Crippen molar-refractivity contribution in [2.75, 3.05) is 26.4 Å². The Kier molecular flexibility index (Phi) is 8.06. The normalized spacial score (nSPS) is 15.8. The monoisotopic (exact) mass is 454 g/mol. The Labute approximate surface area is 193 Å². The van der Waals surface area contributed by atoms with Gasteiger partial charge in [-0.2, -0.15) is 0 Å². The lowest BCUT2D eigenvalue weighted by molar-refractivity contribution is -0.154. The molecule has 0 bridgehead atoms. The van der Waals surface area contributed by atoms with Crippen molar-refractivity contribution >= 4 is 17.8 Å². The number of ether oxygens (including phenoxy) is 2. The van der Waals surface area contributed by atoms with E-state index in [0.29, 0.717) is 37.4 Å². The maximum Gasteiger partial charge on any atom is 0.336 e. The Hall–Kier alpha value is -3.39. The summed E-state index contributed by atoms with van der Waals surface area (Å²) < 4.78 is 11.3. The number of benzene rings is 2. The molecule has 3 rings (SSSR count). The van der Waals surface area contributed by atoms with E-state index in [1.165, 1.54) is 13.0 Å². The highest BCUT2D eigenvalue weighted by molar-refractivity contribution is 5.92. The number of carbonyl (C=O) groups is 3. The number of hydrogen-bond acceptors (Lipinski definition) is 5. The maximum absolute atomic E-state index is 13.6. The topological polar surface area (TPSA) is 105 Å². The van der Waals surface area contributed by atoms with Crippen molar-refractivity contribution in [1.29, 1.82) is 0 Å². The molecule has 2 aromatic rings. The minimum atomic E-state index is -1.10. The zero-order chi connectivity index (χ0) is 23.8. The summed E-state index contributed by atoms with van der Waals surface area (Å²) in [6.45, 7) is 4.34. The fourth-order valence-electron chi connectivity index (χ4n) is 4.25. The summed E-state index contributed by atoms with van der Waals surface area (Å²) in [5.41, 5.74) is -0.468. The number of nitrogens with zero attached hydrogens (tertiary/aromatic N) is 1. The van der Waals surface area contributed by atoms with Crippen LogP contribution in [0.1, 0.15) is 48.7 Å². The first-order valence-electron chi connectivity index (χ1n) is 11.0. The van der Waals surface area contributed by atoms with Gasteiger partial charge in [0.25, 0.3) is 0 Å². The van der Waals surface area contributed by atoms with Crippen molar-refractivity contribution in [3.05, 3.63) is 65.7 Å². The van der Waals surface area contributed by atoms with Crippen LogP contribution in [0, 0.1) is 0 Å². The molecule has 8 nitrogen and oxygen atoms in total. The number of para-hydroxylation sites is 1. The molecule has 176 valence electrons. The van der Waals surface area contributed by atoms with Crippen LogP contribution >= 0.6 is 0 Å². The molecule has 33 heavy (non-hydrogen) atoms. The second-order valence-electron chi connectivity index (χ2n) is 8.06. The zero-order valence-electron chi connectivity index (χ0n) is 19.0. The summed E-state index contributed by atoms with van der Waals surface area (Å²) >= 11 is 0. The summed E-state index contributed by atoms with van der Waals surface area (Å²) in [4.78, 5) is 39.5. The standard InChI is InChI=1S/C25H30N2O6/c1-18(21-10-6-7-11-22(21)23(29)30)26-24(31)25(12-15-32-16-13-25)27(19(2)28)14-17-33-20-8-4-3-5-9-20/h3-11,18H,12-17H2,1-2H3,(H,26,31)(H,29,30)/t18-/m0/s1. The second-order valence-corrected chi connectivity index (χ2v) is 8.06. The van der Waals surface area contributed by atoms with Crippen LogP contribution in [0.4, 0.5) is 0 Å². The molecular weight excluding hydrogens is 424 g/mol. The first-order chi connectivity index (χ1) is 15.8. The van der Waals surface area contributed by atoms with E-state index >= 15 is 0 Å². The van der Waals surface area contributed by atoms with Crippen LogP contribution in [0.3, 0.4) is 0 Å². The first kappa shape index (κ1) is 24.3. The van der Waals surface area contributed by atoms with Gasteiger partial charge in [0.2, 0.25) is 11.8 Å². The molecule has 1 aliphatic rings. The zero-order valence-corrected chi connectivity index (χ0v) is 19.0. The van der Waals surface area contributed by atoms with Crippen molar-refractivity contribution in [3.63, 3.8) is 0 Å². The van der Waals surface area contributed by atoms with E-state index in [-0.39, 0.29) is 30.5 Å². The first-order valence-corrected chi connectivity index (χ1v) is 11.0. The summed E-state index contributed by atoms with van der Waals surface area (Å²) in [6.07, 6.45) is 0.689. The summed E-state index contributed by atoms with van der Waals surface area (Å²) in [5, 5.41) is 12.5. The summed E-state index contributed by atoms with van der Waals surface area (Å²) in [6, 6.07) is 15.3. The largest absolute Gasteiger partial charge is 0.492 e. The molecule has 2 aromatic carbocycles. The van der Waals surface area contributed by atoms with Crippen LogP contribution in [-0.2, 0) is 14.3 Å². The van der Waals surface area contributed by atoms with Gasteiger partial charge < -0.3 is 24.8 Å². The molecule has 2 amide bonds. The summed E-state index contributed by atoms with van der Waals surface area (Å²) in [7, 11) is 0. The Balaban J connectivity index is 1.80. The average molecular weight is 455 g/mol. The third-order valence-electron chi connectivity index (χ3n) is 5.97. The molecule has 1 heterocycles. The number of nitrogens with one attached hydrogen (secondary N) is 1. The number of carbonyl (C=O) groups excluding carboxylic acids is 2. The maximum atomic E-state index is 13.6. The van der Waals surface area contributed by atoms with Crippen molar-refractivity contribution < 1.29 is 29.0 Å². The Morgan fingerprint density at radius 3 is 2.36 bits per heavy atom.